The summed E-state index contributed by atoms with van der Waals surface area (Å²) in [5, 5.41) is 6.40. The molecule has 0 fully saturated rings. The standard InChI is InChI=1S/C26H18ClN3O2S/c27-21-10-4-6-12-23(21)30-25(32)20-9-3-5-11-22(20)29-26(30)33-16-24(31)28-19-14-13-17-7-1-2-8-18(17)15-19/h1-15H,16H2,(H,28,31). The normalized spacial score (nSPS) is 11.1. The summed E-state index contributed by atoms with van der Waals surface area (Å²) < 4.78 is 1.47. The Kier molecular flexibility index (Phi) is 5.86. The predicted octanol–water partition coefficient (Wildman–Crippen LogP) is 5.92. The summed E-state index contributed by atoms with van der Waals surface area (Å²) in [4.78, 5) is 30.7. The van der Waals surface area contributed by atoms with Crippen molar-refractivity contribution >= 4 is 56.6 Å². The Hall–Kier alpha value is -3.61. The van der Waals surface area contributed by atoms with Crippen LogP contribution in [0.15, 0.2) is 101 Å². The summed E-state index contributed by atoms with van der Waals surface area (Å²) in [6.45, 7) is 0. The van der Waals surface area contributed by atoms with Gasteiger partial charge in [-0.3, -0.25) is 14.2 Å². The van der Waals surface area contributed by atoms with Crippen molar-refractivity contribution in [3.63, 3.8) is 0 Å². The van der Waals surface area contributed by atoms with E-state index < -0.39 is 0 Å². The van der Waals surface area contributed by atoms with Gasteiger partial charge in [-0.25, -0.2) is 4.98 Å². The first-order valence-electron chi connectivity index (χ1n) is 10.3. The van der Waals surface area contributed by atoms with Crippen molar-refractivity contribution in [1.82, 2.24) is 9.55 Å². The number of carbonyl (C=O) groups is 1. The lowest BCUT2D eigenvalue weighted by Crippen LogP contribution is -2.23. The molecule has 7 heteroatoms. The second-order valence-corrected chi connectivity index (χ2v) is 8.75. The topological polar surface area (TPSA) is 64.0 Å². The van der Waals surface area contributed by atoms with Gasteiger partial charge in [-0.1, -0.05) is 78.0 Å². The van der Waals surface area contributed by atoms with Gasteiger partial charge in [-0.2, -0.15) is 0 Å². The van der Waals surface area contributed by atoms with Crippen molar-refractivity contribution in [1.29, 1.82) is 0 Å². The van der Waals surface area contributed by atoms with Gasteiger partial charge in [0.2, 0.25) is 5.91 Å². The first-order chi connectivity index (χ1) is 16.1. The molecule has 5 nitrogen and oxygen atoms in total. The predicted molar refractivity (Wildman–Crippen MR) is 136 cm³/mol. The van der Waals surface area contributed by atoms with E-state index in [0.29, 0.717) is 32.5 Å². The summed E-state index contributed by atoms with van der Waals surface area (Å²) in [6.07, 6.45) is 0. The number of hydrogen-bond acceptors (Lipinski definition) is 4. The fraction of sp³-hybridized carbons (Fsp3) is 0.0385. The number of para-hydroxylation sites is 2. The molecule has 162 valence electrons. The molecule has 0 saturated carbocycles. The molecule has 0 aliphatic heterocycles. The Morgan fingerprint density at radius 2 is 1.64 bits per heavy atom. The molecule has 0 aliphatic rings. The minimum Gasteiger partial charge on any atom is -0.325 e. The Morgan fingerprint density at radius 1 is 0.909 bits per heavy atom. The van der Waals surface area contributed by atoms with Crippen LogP contribution in [0.25, 0.3) is 27.4 Å². The van der Waals surface area contributed by atoms with Crippen LogP contribution >= 0.6 is 23.4 Å². The number of anilines is 1. The molecular formula is C26H18ClN3O2S. The van der Waals surface area contributed by atoms with E-state index in [1.54, 1.807) is 36.4 Å². The second kappa shape index (κ2) is 9.10. The van der Waals surface area contributed by atoms with Gasteiger partial charge in [-0.15, -0.1) is 0 Å². The smallest absolute Gasteiger partial charge is 0.266 e. The fourth-order valence-electron chi connectivity index (χ4n) is 3.65. The average molecular weight is 472 g/mol. The first-order valence-corrected chi connectivity index (χ1v) is 11.6. The number of rotatable bonds is 5. The Bertz CT molecular complexity index is 1560. The molecule has 0 bridgehead atoms. The van der Waals surface area contributed by atoms with Crippen LogP contribution in [0.5, 0.6) is 0 Å². The summed E-state index contributed by atoms with van der Waals surface area (Å²) in [6, 6.07) is 28.0. The Labute approximate surface area is 199 Å². The van der Waals surface area contributed by atoms with Gasteiger partial charge in [-0.05, 0) is 47.2 Å². The van der Waals surface area contributed by atoms with E-state index >= 15 is 0 Å². The molecule has 0 unspecified atom stereocenters. The molecule has 1 amide bonds. The SMILES string of the molecule is O=C(CSc1nc2ccccc2c(=O)n1-c1ccccc1Cl)Nc1ccc2ccccc2c1. The summed E-state index contributed by atoms with van der Waals surface area (Å²) >= 11 is 7.59. The number of amides is 1. The van der Waals surface area contributed by atoms with Gasteiger partial charge in [0.15, 0.2) is 5.16 Å². The first kappa shape index (κ1) is 21.2. The molecule has 0 aliphatic carbocycles. The number of nitrogens with zero attached hydrogens (tertiary/aromatic N) is 2. The zero-order valence-corrected chi connectivity index (χ0v) is 18.9. The van der Waals surface area contributed by atoms with E-state index in [1.807, 2.05) is 54.6 Å². The summed E-state index contributed by atoms with van der Waals surface area (Å²) in [5.74, 6) is -0.106. The number of benzene rings is 4. The van der Waals surface area contributed by atoms with Gasteiger partial charge in [0.25, 0.3) is 5.56 Å². The molecule has 1 N–H and O–H groups in total. The zero-order valence-electron chi connectivity index (χ0n) is 17.4. The minimum absolute atomic E-state index is 0.0854. The number of fused-ring (bicyclic) bond motifs is 2. The van der Waals surface area contributed by atoms with Gasteiger partial charge in [0.1, 0.15) is 0 Å². The quantitative estimate of drug-likeness (QED) is 0.255. The van der Waals surface area contributed by atoms with Crippen LogP contribution < -0.4 is 10.9 Å². The van der Waals surface area contributed by atoms with Crippen LogP contribution in [0, 0.1) is 0 Å². The molecule has 1 heterocycles. The monoisotopic (exact) mass is 471 g/mol. The van der Waals surface area contributed by atoms with Crippen molar-refractivity contribution < 1.29 is 4.79 Å². The van der Waals surface area contributed by atoms with Crippen LogP contribution in [-0.4, -0.2) is 21.2 Å². The number of nitrogens with one attached hydrogen (secondary N) is 1. The number of carbonyl (C=O) groups excluding carboxylic acids is 1. The van der Waals surface area contributed by atoms with Crippen LogP contribution in [0.1, 0.15) is 0 Å². The highest BCUT2D eigenvalue weighted by Gasteiger charge is 2.16. The van der Waals surface area contributed by atoms with Crippen molar-refractivity contribution in [3.8, 4) is 5.69 Å². The van der Waals surface area contributed by atoms with Gasteiger partial charge < -0.3 is 5.32 Å². The number of aromatic nitrogens is 2. The number of thioether (sulfide) groups is 1. The maximum atomic E-state index is 13.3. The van der Waals surface area contributed by atoms with E-state index in [2.05, 4.69) is 10.3 Å². The molecule has 0 saturated heterocycles. The van der Waals surface area contributed by atoms with Crippen molar-refractivity contribution in [2.24, 2.45) is 0 Å². The maximum absolute atomic E-state index is 13.3. The summed E-state index contributed by atoms with van der Waals surface area (Å²) in [5.41, 5.74) is 1.59. The van der Waals surface area contributed by atoms with Crippen molar-refractivity contribution in [2.75, 3.05) is 11.1 Å². The van der Waals surface area contributed by atoms with Crippen LogP contribution in [0.4, 0.5) is 5.69 Å². The van der Waals surface area contributed by atoms with Gasteiger partial charge in [0.05, 0.1) is 27.4 Å². The third-order valence-electron chi connectivity index (χ3n) is 5.20. The zero-order chi connectivity index (χ0) is 22.8. The van der Waals surface area contributed by atoms with Crippen LogP contribution in [-0.2, 0) is 4.79 Å². The largest absolute Gasteiger partial charge is 0.325 e. The second-order valence-electron chi connectivity index (χ2n) is 7.40. The molecule has 1 aromatic heterocycles. The highest BCUT2D eigenvalue weighted by atomic mass is 35.5. The Balaban J connectivity index is 1.45. The number of halogens is 1. The molecular weight excluding hydrogens is 454 g/mol. The van der Waals surface area contributed by atoms with Gasteiger partial charge >= 0.3 is 0 Å². The lowest BCUT2D eigenvalue weighted by Gasteiger charge is -2.14. The van der Waals surface area contributed by atoms with Gasteiger partial charge in [0, 0.05) is 5.69 Å². The number of hydrogen-bond donors (Lipinski definition) is 1. The van der Waals surface area contributed by atoms with E-state index in [0.717, 1.165) is 10.8 Å². The van der Waals surface area contributed by atoms with E-state index in [1.165, 1.54) is 16.3 Å². The van der Waals surface area contributed by atoms with E-state index in [4.69, 9.17) is 11.6 Å². The van der Waals surface area contributed by atoms with Crippen molar-refractivity contribution in [3.05, 3.63) is 106 Å². The molecule has 0 atom stereocenters. The molecule has 5 aromatic rings. The third-order valence-corrected chi connectivity index (χ3v) is 6.46. The lowest BCUT2D eigenvalue weighted by atomic mass is 10.1. The summed E-state index contributed by atoms with van der Waals surface area (Å²) in [7, 11) is 0. The molecule has 0 radical (unpaired) electrons. The lowest BCUT2D eigenvalue weighted by molar-refractivity contribution is -0.113. The molecule has 5 rings (SSSR count). The minimum atomic E-state index is -0.230. The van der Waals surface area contributed by atoms with E-state index in [9.17, 15) is 9.59 Å². The highest BCUT2D eigenvalue weighted by Crippen LogP contribution is 2.26. The van der Waals surface area contributed by atoms with Crippen LogP contribution in [0.3, 0.4) is 0 Å². The third kappa shape index (κ3) is 4.35. The molecule has 4 aromatic carbocycles. The maximum Gasteiger partial charge on any atom is 0.266 e. The fourth-order valence-corrected chi connectivity index (χ4v) is 4.67. The van der Waals surface area contributed by atoms with Crippen LogP contribution in [0.2, 0.25) is 5.02 Å². The molecule has 33 heavy (non-hydrogen) atoms. The Morgan fingerprint density at radius 3 is 2.48 bits per heavy atom. The van der Waals surface area contributed by atoms with Crippen molar-refractivity contribution in [2.45, 2.75) is 5.16 Å². The average Bonchev–Trinajstić information content (AvgIpc) is 2.83. The van der Waals surface area contributed by atoms with E-state index in [-0.39, 0.29) is 17.2 Å². The molecule has 0 spiro atoms. The highest BCUT2D eigenvalue weighted by molar-refractivity contribution is 7.99.